The number of carbonyl (C=O) groups is 6. The normalized spacial score (nSPS) is 9.40. The van der Waals surface area contributed by atoms with Gasteiger partial charge in [-0.05, 0) is 0 Å². The van der Waals surface area contributed by atoms with Gasteiger partial charge in [0.15, 0.2) is 0 Å². The zero-order chi connectivity index (χ0) is 21.3. The number of rotatable bonds is 10. The van der Waals surface area contributed by atoms with E-state index >= 15 is 0 Å². The fourth-order valence-electron chi connectivity index (χ4n) is 1.37. The van der Waals surface area contributed by atoms with Crippen LogP contribution in [0.4, 0.5) is 0 Å². The quantitative estimate of drug-likeness (QED) is 0.231. The average molecular weight is 569 g/mol. The van der Waals surface area contributed by atoms with Gasteiger partial charge in [0.05, 0.1) is 11.9 Å². The van der Waals surface area contributed by atoms with Crippen LogP contribution in [-0.2, 0) is 28.8 Å². The average Bonchev–Trinajstić information content (AvgIpc) is 2.34. The Hall–Kier alpha value is 0.558. The standard InChI is InChI=1S/2C6H8O7.3Na.Sb/c2*7-3(8)1-6(13,5(11)12)2-4(9)10;;;;/h2*13H,1-2H2,(H,7,8)(H,9,10)(H,11,12);;;;/q;;3*+1;+3/p-6. The minimum atomic E-state index is -2.97. The third-order valence-corrected chi connectivity index (χ3v) is 2.51. The van der Waals surface area contributed by atoms with Gasteiger partial charge in [0.25, 0.3) is 0 Å². The fourth-order valence-corrected chi connectivity index (χ4v) is 1.37. The molecule has 18 heteroatoms. The number of carboxylic acid groups (broad SMARTS) is 6. The van der Waals surface area contributed by atoms with Crippen molar-refractivity contribution in [2.75, 3.05) is 0 Å². The molecule has 0 fully saturated rings. The summed E-state index contributed by atoms with van der Waals surface area (Å²) in [5.41, 5.74) is -5.95. The number of hydrogen-bond donors (Lipinski definition) is 2. The largest absolute Gasteiger partial charge is 3.00 e. The SMILES string of the molecule is O=C([O-])CC(O)(CC(=O)[O-])C(=O)[O-].O=C([O-])CC(O)(CC(=O)[O-])C(=O)[O-].[Na+].[Na+].[Na+].[Sb+3]. The van der Waals surface area contributed by atoms with Gasteiger partial charge in [0, 0.05) is 49.6 Å². The van der Waals surface area contributed by atoms with Gasteiger partial charge in [-0.25, -0.2) is 0 Å². The van der Waals surface area contributed by atoms with Crippen LogP contribution < -0.4 is 119 Å². The maximum atomic E-state index is 10.1. The molecular formula is C12H10Na3O14Sb. The van der Waals surface area contributed by atoms with Crippen molar-refractivity contribution in [3.05, 3.63) is 0 Å². The Bertz CT molecular complexity index is 527. The van der Waals surface area contributed by atoms with Crippen LogP contribution >= 0.6 is 0 Å². The molecule has 14 nitrogen and oxygen atoms in total. The van der Waals surface area contributed by atoms with Crippen LogP contribution in [0.15, 0.2) is 0 Å². The predicted octanol–water partition coefficient (Wildman–Crippen LogP) is -19.9. The molecule has 0 spiro atoms. The van der Waals surface area contributed by atoms with Crippen molar-refractivity contribution >= 4 is 60.2 Å². The van der Waals surface area contributed by atoms with Crippen LogP contribution in [-0.4, -0.2) is 81.7 Å². The Labute approximate surface area is 252 Å². The third kappa shape index (κ3) is 20.5. The van der Waals surface area contributed by atoms with Gasteiger partial charge in [-0.15, -0.1) is 0 Å². The van der Waals surface area contributed by atoms with Gasteiger partial charge in [-0.2, -0.15) is 0 Å². The molecule has 0 saturated carbocycles. The van der Waals surface area contributed by atoms with Crippen molar-refractivity contribution in [1.82, 2.24) is 0 Å². The van der Waals surface area contributed by atoms with Crippen molar-refractivity contribution in [3.8, 4) is 0 Å². The number of carboxylic acids is 6. The Morgan fingerprint density at radius 3 is 0.700 bits per heavy atom. The third-order valence-electron chi connectivity index (χ3n) is 2.51. The Balaban J connectivity index is -0.0000000847. The molecule has 2 N–H and O–H groups in total. The van der Waals surface area contributed by atoms with E-state index in [4.69, 9.17) is 10.2 Å². The van der Waals surface area contributed by atoms with Crippen LogP contribution in [0.1, 0.15) is 25.7 Å². The minimum Gasteiger partial charge on any atom is -0.550 e. The molecule has 0 amide bonds. The molecule has 0 saturated heterocycles. The molecule has 0 heterocycles. The molecule has 0 aromatic carbocycles. The smallest absolute Gasteiger partial charge is 0.550 e. The van der Waals surface area contributed by atoms with Crippen molar-refractivity contribution in [2.24, 2.45) is 0 Å². The molecule has 30 heavy (non-hydrogen) atoms. The Morgan fingerprint density at radius 1 is 0.500 bits per heavy atom. The molecule has 0 aliphatic heterocycles. The second-order valence-corrected chi connectivity index (χ2v) is 4.83. The molecule has 0 aliphatic carbocycles. The molecular weight excluding hydrogens is 559 g/mol. The van der Waals surface area contributed by atoms with Crippen molar-refractivity contribution < 1.29 is 158 Å². The van der Waals surface area contributed by atoms with E-state index in [2.05, 4.69) is 0 Å². The monoisotopic (exact) mass is 568 g/mol. The van der Waals surface area contributed by atoms with E-state index in [1.54, 1.807) is 0 Å². The maximum Gasteiger partial charge on any atom is 3.00 e. The maximum absolute atomic E-state index is 10.1. The van der Waals surface area contributed by atoms with Crippen LogP contribution in [0.5, 0.6) is 0 Å². The zero-order valence-corrected chi connectivity index (χ0v) is 24.6. The molecule has 0 aromatic heterocycles. The summed E-state index contributed by atoms with van der Waals surface area (Å²) in [7, 11) is 0. The summed E-state index contributed by atoms with van der Waals surface area (Å²) in [6.45, 7) is 0. The van der Waals surface area contributed by atoms with Gasteiger partial charge in [0.1, 0.15) is 11.2 Å². The minimum absolute atomic E-state index is 0. The van der Waals surface area contributed by atoms with E-state index in [9.17, 15) is 59.4 Å². The second-order valence-electron chi connectivity index (χ2n) is 4.83. The number of aliphatic hydroxyl groups is 2. The van der Waals surface area contributed by atoms with Crippen LogP contribution in [0.2, 0.25) is 0 Å². The second kappa shape index (κ2) is 20.2. The molecule has 0 aliphatic rings. The fraction of sp³-hybridized carbons (Fsp3) is 0.500. The molecule has 2 radical (unpaired) electrons. The first-order valence-corrected chi connectivity index (χ1v) is 6.23. The summed E-state index contributed by atoms with van der Waals surface area (Å²) in [6.07, 6.45) is -5.43. The van der Waals surface area contributed by atoms with Crippen molar-refractivity contribution in [2.45, 2.75) is 36.9 Å². The van der Waals surface area contributed by atoms with Crippen molar-refractivity contribution in [1.29, 1.82) is 0 Å². The number of aliphatic carboxylic acids is 6. The Kier molecular flexibility index (Phi) is 29.8. The van der Waals surface area contributed by atoms with Gasteiger partial charge in [0.2, 0.25) is 0 Å². The topological polar surface area (TPSA) is 281 Å². The van der Waals surface area contributed by atoms with Gasteiger partial charge < -0.3 is 69.6 Å². The molecule has 0 atom stereocenters. The molecule has 0 bridgehead atoms. The number of carbonyl (C=O) groups excluding carboxylic acids is 6. The van der Waals surface area contributed by atoms with E-state index in [1.165, 1.54) is 0 Å². The molecule has 0 unspecified atom stereocenters. The first-order valence-electron chi connectivity index (χ1n) is 6.23. The summed E-state index contributed by atoms with van der Waals surface area (Å²) in [5.74, 6) is -12.0. The summed E-state index contributed by atoms with van der Waals surface area (Å²) >= 11 is 0. The summed E-state index contributed by atoms with van der Waals surface area (Å²) in [6, 6.07) is 0. The number of hydrogen-bond acceptors (Lipinski definition) is 14. The summed E-state index contributed by atoms with van der Waals surface area (Å²) in [5, 5.41) is 77.9. The molecule has 150 valence electrons. The molecule has 0 aromatic rings. The first kappa shape index (κ1) is 44.3. The summed E-state index contributed by atoms with van der Waals surface area (Å²) in [4.78, 5) is 60.0. The van der Waals surface area contributed by atoms with Crippen LogP contribution in [0.25, 0.3) is 0 Å². The van der Waals surface area contributed by atoms with Gasteiger partial charge in [-0.3, -0.25) is 0 Å². The first-order chi connectivity index (χ1) is 11.6. The van der Waals surface area contributed by atoms with E-state index < -0.39 is 72.7 Å². The van der Waals surface area contributed by atoms with Gasteiger partial charge in [-0.1, -0.05) is 0 Å². The molecule has 0 rings (SSSR count). The predicted molar refractivity (Wildman–Crippen MR) is 64.2 cm³/mol. The Morgan fingerprint density at radius 2 is 0.633 bits per heavy atom. The van der Waals surface area contributed by atoms with E-state index in [-0.39, 0.29) is 113 Å². The zero-order valence-electron chi connectivity index (χ0n) is 16.1. The van der Waals surface area contributed by atoms with Gasteiger partial charge >= 0.3 is 113 Å². The van der Waals surface area contributed by atoms with E-state index in [1.807, 2.05) is 0 Å². The van der Waals surface area contributed by atoms with Crippen LogP contribution in [0, 0.1) is 0 Å². The van der Waals surface area contributed by atoms with E-state index in [0.29, 0.717) is 0 Å². The summed E-state index contributed by atoms with van der Waals surface area (Å²) < 4.78 is 0. The van der Waals surface area contributed by atoms with Crippen molar-refractivity contribution in [3.63, 3.8) is 0 Å². The van der Waals surface area contributed by atoms with E-state index in [0.717, 1.165) is 0 Å². The van der Waals surface area contributed by atoms with Crippen LogP contribution in [0.3, 0.4) is 0 Å².